The molecule has 7 nitrogen and oxygen atoms in total. The van der Waals surface area contributed by atoms with Crippen LogP contribution in [0.1, 0.15) is 0 Å². The number of para-hydroxylation sites is 2. The third-order valence-electron chi connectivity index (χ3n) is 3.79. The average molecular weight is 323 g/mol. The van der Waals surface area contributed by atoms with Crippen LogP contribution in [0.3, 0.4) is 0 Å². The number of rotatable bonds is 4. The molecule has 0 amide bonds. The lowest BCUT2D eigenvalue weighted by Gasteiger charge is -2.26. The highest BCUT2D eigenvalue weighted by atomic mass is 16.6. The van der Waals surface area contributed by atoms with Crippen LogP contribution in [0.25, 0.3) is 11.5 Å². The number of hydrogen-bond acceptors (Lipinski definition) is 6. The summed E-state index contributed by atoms with van der Waals surface area (Å²) < 4.78 is 13.5. The smallest absolute Gasteiger partial charge is 0.161 e. The molecule has 1 aliphatic rings. The Bertz CT molecular complexity index is 831. The maximum Gasteiger partial charge on any atom is 0.161 e. The third kappa shape index (κ3) is 2.88. The zero-order valence-corrected chi connectivity index (χ0v) is 13.2. The van der Waals surface area contributed by atoms with E-state index in [0.717, 1.165) is 23.0 Å². The summed E-state index contributed by atoms with van der Waals surface area (Å²) in [5.41, 5.74) is 0.735. The molecule has 1 aliphatic heterocycles. The van der Waals surface area contributed by atoms with Crippen LogP contribution in [-0.2, 0) is 7.05 Å². The fraction of sp³-hybridized carbons (Fsp3) is 0.235. The van der Waals surface area contributed by atoms with Crippen molar-refractivity contribution in [1.29, 1.82) is 0 Å². The number of benzene rings is 1. The molecule has 0 unspecified atom stereocenters. The van der Waals surface area contributed by atoms with Gasteiger partial charge in [-0.1, -0.05) is 12.1 Å². The second-order valence-corrected chi connectivity index (χ2v) is 5.54. The predicted molar refractivity (Wildman–Crippen MR) is 89.1 cm³/mol. The van der Waals surface area contributed by atoms with Crippen LogP contribution in [0.4, 0.5) is 5.82 Å². The molecule has 0 bridgehead atoms. The van der Waals surface area contributed by atoms with E-state index in [4.69, 9.17) is 9.47 Å². The molecule has 0 aliphatic carbocycles. The van der Waals surface area contributed by atoms with E-state index >= 15 is 0 Å². The van der Waals surface area contributed by atoms with Crippen LogP contribution in [0.5, 0.6) is 11.5 Å². The highest BCUT2D eigenvalue weighted by Crippen LogP contribution is 2.30. The van der Waals surface area contributed by atoms with Crippen molar-refractivity contribution in [2.24, 2.45) is 7.05 Å². The fourth-order valence-electron chi connectivity index (χ4n) is 2.54. The van der Waals surface area contributed by atoms with Gasteiger partial charge in [-0.05, 0) is 24.3 Å². The molecule has 0 saturated carbocycles. The van der Waals surface area contributed by atoms with Gasteiger partial charge in [0.05, 0.1) is 6.54 Å². The van der Waals surface area contributed by atoms with E-state index in [1.807, 2.05) is 54.2 Å². The molecule has 3 heterocycles. The minimum Gasteiger partial charge on any atom is -0.486 e. The van der Waals surface area contributed by atoms with Gasteiger partial charge in [0.15, 0.2) is 17.3 Å². The zero-order chi connectivity index (χ0) is 16.4. The summed E-state index contributed by atoms with van der Waals surface area (Å²) in [6.07, 6.45) is 3.54. The summed E-state index contributed by atoms with van der Waals surface area (Å²) in [5.74, 6) is 3.03. The van der Waals surface area contributed by atoms with Crippen molar-refractivity contribution in [3.63, 3.8) is 0 Å². The normalized spacial score (nSPS) is 16.0. The second-order valence-electron chi connectivity index (χ2n) is 5.54. The number of nitrogens with one attached hydrogen (secondary N) is 1. The van der Waals surface area contributed by atoms with E-state index in [-0.39, 0.29) is 6.10 Å². The molecular formula is C17H17N5O2. The lowest BCUT2D eigenvalue weighted by Crippen LogP contribution is -2.35. The molecule has 1 N–H and O–H groups in total. The summed E-state index contributed by atoms with van der Waals surface area (Å²) in [5, 5.41) is 11.6. The van der Waals surface area contributed by atoms with Crippen LogP contribution in [0.2, 0.25) is 0 Å². The Morgan fingerprint density at radius 1 is 1.17 bits per heavy atom. The van der Waals surface area contributed by atoms with Gasteiger partial charge in [0.1, 0.15) is 24.2 Å². The Morgan fingerprint density at radius 2 is 2.04 bits per heavy atom. The first-order chi connectivity index (χ1) is 11.8. The molecule has 1 atom stereocenters. The molecule has 3 aromatic rings. The van der Waals surface area contributed by atoms with E-state index < -0.39 is 0 Å². The van der Waals surface area contributed by atoms with Gasteiger partial charge in [-0.2, -0.15) is 0 Å². The van der Waals surface area contributed by atoms with Crippen molar-refractivity contribution in [3.05, 3.63) is 48.8 Å². The maximum atomic E-state index is 5.90. The molecule has 0 radical (unpaired) electrons. The first kappa shape index (κ1) is 14.5. The van der Waals surface area contributed by atoms with E-state index in [1.54, 1.807) is 6.20 Å². The Hall–Kier alpha value is -3.09. The Labute approximate surface area is 139 Å². The number of fused-ring (bicyclic) bond motifs is 1. The van der Waals surface area contributed by atoms with Gasteiger partial charge >= 0.3 is 0 Å². The third-order valence-corrected chi connectivity index (χ3v) is 3.79. The highest BCUT2D eigenvalue weighted by molar-refractivity contribution is 5.51. The molecule has 1 aromatic carbocycles. The zero-order valence-electron chi connectivity index (χ0n) is 13.2. The number of anilines is 1. The highest BCUT2D eigenvalue weighted by Gasteiger charge is 2.20. The van der Waals surface area contributed by atoms with Crippen LogP contribution in [0, 0.1) is 0 Å². The first-order valence-corrected chi connectivity index (χ1v) is 7.73. The number of ether oxygens (including phenoxy) is 2. The molecule has 2 aromatic heterocycles. The number of imidazole rings is 1. The summed E-state index contributed by atoms with van der Waals surface area (Å²) in [6.45, 7) is 1.09. The van der Waals surface area contributed by atoms with Gasteiger partial charge in [0.25, 0.3) is 0 Å². The summed E-state index contributed by atoms with van der Waals surface area (Å²) >= 11 is 0. The van der Waals surface area contributed by atoms with Crippen molar-refractivity contribution in [2.45, 2.75) is 6.10 Å². The monoisotopic (exact) mass is 323 g/mol. The Kier molecular flexibility index (Phi) is 3.74. The largest absolute Gasteiger partial charge is 0.486 e. The number of aromatic nitrogens is 4. The van der Waals surface area contributed by atoms with Crippen molar-refractivity contribution in [1.82, 2.24) is 19.7 Å². The molecule has 24 heavy (non-hydrogen) atoms. The minimum atomic E-state index is -0.0732. The van der Waals surface area contributed by atoms with Crippen LogP contribution < -0.4 is 14.8 Å². The Morgan fingerprint density at radius 3 is 2.79 bits per heavy atom. The van der Waals surface area contributed by atoms with E-state index in [1.165, 1.54) is 0 Å². The number of nitrogens with zero attached hydrogens (tertiary/aromatic N) is 4. The number of aryl methyl sites for hydroxylation is 1. The quantitative estimate of drug-likeness (QED) is 0.793. The molecule has 7 heteroatoms. The predicted octanol–water partition coefficient (Wildman–Crippen LogP) is 2.13. The van der Waals surface area contributed by atoms with E-state index in [2.05, 4.69) is 20.5 Å². The van der Waals surface area contributed by atoms with Crippen molar-refractivity contribution >= 4 is 5.82 Å². The van der Waals surface area contributed by atoms with Crippen molar-refractivity contribution in [2.75, 3.05) is 18.5 Å². The van der Waals surface area contributed by atoms with Crippen LogP contribution in [0.15, 0.2) is 48.8 Å². The first-order valence-electron chi connectivity index (χ1n) is 7.73. The van der Waals surface area contributed by atoms with Crippen molar-refractivity contribution < 1.29 is 9.47 Å². The Balaban J connectivity index is 1.38. The fourth-order valence-corrected chi connectivity index (χ4v) is 2.54. The topological polar surface area (TPSA) is 74.1 Å². The molecule has 0 fully saturated rings. The van der Waals surface area contributed by atoms with Crippen LogP contribution >= 0.6 is 0 Å². The van der Waals surface area contributed by atoms with Crippen LogP contribution in [-0.4, -0.2) is 39.0 Å². The molecular weight excluding hydrogens is 306 g/mol. The van der Waals surface area contributed by atoms with Crippen molar-refractivity contribution in [3.8, 4) is 23.0 Å². The van der Waals surface area contributed by atoms with E-state index in [9.17, 15) is 0 Å². The van der Waals surface area contributed by atoms with Gasteiger partial charge in [-0.3, -0.25) is 0 Å². The molecule has 122 valence electrons. The minimum absolute atomic E-state index is 0.0732. The maximum absolute atomic E-state index is 5.90. The van der Waals surface area contributed by atoms with E-state index in [0.29, 0.717) is 19.0 Å². The summed E-state index contributed by atoms with van der Waals surface area (Å²) in [6, 6.07) is 11.4. The second kappa shape index (κ2) is 6.19. The van der Waals surface area contributed by atoms with Gasteiger partial charge in [0.2, 0.25) is 0 Å². The van der Waals surface area contributed by atoms with Gasteiger partial charge < -0.3 is 19.4 Å². The van der Waals surface area contributed by atoms with Gasteiger partial charge in [0, 0.05) is 19.4 Å². The molecule has 0 saturated heterocycles. The SMILES string of the molecule is Cn1ccnc1-c1ccc(NC[C@H]2COc3ccccc3O2)nn1. The average Bonchev–Trinajstić information content (AvgIpc) is 3.06. The van der Waals surface area contributed by atoms with Gasteiger partial charge in [-0.25, -0.2) is 4.98 Å². The molecule has 4 rings (SSSR count). The number of hydrogen-bond donors (Lipinski definition) is 1. The lowest BCUT2D eigenvalue weighted by molar-refractivity contribution is 0.0997. The lowest BCUT2D eigenvalue weighted by atomic mass is 10.2. The molecule has 0 spiro atoms. The summed E-state index contributed by atoms with van der Waals surface area (Å²) in [4.78, 5) is 4.26. The standard InChI is InChI=1S/C17H17N5O2/c1-22-9-8-18-17(22)13-6-7-16(21-20-13)19-10-12-11-23-14-4-2-3-5-15(14)24-12/h2-9,12H,10-11H2,1H3,(H,19,21)/t12-/m0/s1. The van der Waals surface area contributed by atoms with Gasteiger partial charge in [-0.15, -0.1) is 10.2 Å². The summed E-state index contributed by atoms with van der Waals surface area (Å²) in [7, 11) is 1.93.